The average molecular weight is 374 g/mol. The molecule has 0 bridgehead atoms. The van der Waals surface area contributed by atoms with Crippen molar-refractivity contribution < 1.29 is 28.5 Å². The van der Waals surface area contributed by atoms with Gasteiger partial charge in [0.1, 0.15) is 0 Å². The van der Waals surface area contributed by atoms with Gasteiger partial charge in [0.2, 0.25) is 6.33 Å². The molecule has 3 aromatic carbocycles. The summed E-state index contributed by atoms with van der Waals surface area (Å²) in [5.74, 6) is 0. The van der Waals surface area contributed by atoms with Gasteiger partial charge >= 0.3 is 0 Å². The third-order valence-electron chi connectivity index (χ3n) is 3.93. The van der Waals surface area contributed by atoms with E-state index in [0.29, 0.717) is 0 Å². The Labute approximate surface area is 134 Å². The number of nitrogens with zero attached hydrogens (tertiary/aromatic N) is 2. The number of imidazole rings is 1. The molecule has 0 spiro atoms. The van der Waals surface area contributed by atoms with Gasteiger partial charge in [-0.1, -0.05) is 36.4 Å². The van der Waals surface area contributed by atoms with Crippen molar-refractivity contribution in [2.24, 2.45) is 14.1 Å². The van der Waals surface area contributed by atoms with Crippen molar-refractivity contribution in [1.29, 1.82) is 0 Å². The van der Waals surface area contributed by atoms with E-state index >= 15 is 0 Å². The molecule has 0 radical (unpaired) electrons. The van der Waals surface area contributed by atoms with Crippen molar-refractivity contribution in [3.8, 4) is 0 Å². The maximum atomic E-state index is 2.21. The van der Waals surface area contributed by atoms with Crippen LogP contribution in [0.1, 0.15) is 0 Å². The summed E-state index contributed by atoms with van der Waals surface area (Å²) in [5, 5.41) is 5.29. The lowest BCUT2D eigenvalue weighted by atomic mass is 10.00. The Kier molecular flexibility index (Phi) is 3.17. The maximum absolute atomic E-state index is 2.21. The summed E-state index contributed by atoms with van der Waals surface area (Å²) in [6, 6.07) is 17.3. The molecule has 100 valence electrons. The van der Waals surface area contributed by atoms with Crippen LogP contribution in [0.2, 0.25) is 0 Å². The lowest BCUT2D eigenvalue weighted by Crippen LogP contribution is -3.00. The SMILES string of the molecule is Cn1c[n+](C)c2c3ccccc3c3ccccc3c21.[I-]. The fourth-order valence-corrected chi connectivity index (χ4v) is 3.19. The van der Waals surface area contributed by atoms with Crippen molar-refractivity contribution in [3.05, 3.63) is 54.9 Å². The molecule has 1 aromatic heterocycles. The summed E-state index contributed by atoms with van der Waals surface area (Å²) < 4.78 is 4.42. The van der Waals surface area contributed by atoms with E-state index < -0.39 is 0 Å². The van der Waals surface area contributed by atoms with Gasteiger partial charge in [-0.15, -0.1) is 0 Å². The number of fused-ring (bicyclic) bond motifs is 6. The molecule has 2 nitrogen and oxygen atoms in total. The van der Waals surface area contributed by atoms with Crippen molar-refractivity contribution in [3.63, 3.8) is 0 Å². The minimum atomic E-state index is 0. The van der Waals surface area contributed by atoms with E-state index in [9.17, 15) is 0 Å². The molecule has 0 atom stereocenters. The third-order valence-corrected chi connectivity index (χ3v) is 3.93. The van der Waals surface area contributed by atoms with Crippen molar-refractivity contribution in [1.82, 2.24) is 4.57 Å². The molecule has 0 aliphatic rings. The fourth-order valence-electron chi connectivity index (χ4n) is 3.19. The van der Waals surface area contributed by atoms with E-state index in [2.05, 4.69) is 78.1 Å². The zero-order chi connectivity index (χ0) is 13.0. The van der Waals surface area contributed by atoms with E-state index in [0.717, 1.165) is 0 Å². The summed E-state index contributed by atoms with van der Waals surface area (Å²) in [6.07, 6.45) is 2.14. The summed E-state index contributed by atoms with van der Waals surface area (Å²) >= 11 is 0. The van der Waals surface area contributed by atoms with Crippen LogP contribution in [0.4, 0.5) is 0 Å². The van der Waals surface area contributed by atoms with Gasteiger partial charge in [0.25, 0.3) is 0 Å². The quantitative estimate of drug-likeness (QED) is 0.238. The second-order valence-electron chi connectivity index (χ2n) is 5.13. The molecule has 4 rings (SSSR count). The average Bonchev–Trinajstić information content (AvgIpc) is 2.75. The second-order valence-corrected chi connectivity index (χ2v) is 5.13. The first kappa shape index (κ1) is 13.4. The largest absolute Gasteiger partial charge is 1.00 e. The second kappa shape index (κ2) is 4.74. The van der Waals surface area contributed by atoms with Crippen molar-refractivity contribution in [2.75, 3.05) is 0 Å². The molecule has 1 heterocycles. The van der Waals surface area contributed by atoms with Crippen LogP contribution in [0.15, 0.2) is 54.9 Å². The summed E-state index contributed by atoms with van der Waals surface area (Å²) in [4.78, 5) is 0. The van der Waals surface area contributed by atoms with Gasteiger partial charge in [0.15, 0.2) is 11.0 Å². The van der Waals surface area contributed by atoms with Gasteiger partial charge < -0.3 is 24.0 Å². The van der Waals surface area contributed by atoms with E-state index in [4.69, 9.17) is 0 Å². The first-order chi connectivity index (χ1) is 9.27. The summed E-state index contributed by atoms with van der Waals surface area (Å²) in [6.45, 7) is 0. The summed E-state index contributed by atoms with van der Waals surface area (Å²) in [7, 11) is 4.23. The molecule has 0 fully saturated rings. The zero-order valence-electron chi connectivity index (χ0n) is 11.5. The number of benzene rings is 3. The number of rotatable bonds is 0. The molecular formula is C17H15IN2. The van der Waals surface area contributed by atoms with Gasteiger partial charge in [-0.05, 0) is 22.9 Å². The predicted molar refractivity (Wildman–Crippen MR) is 79.1 cm³/mol. The Morgan fingerprint density at radius 2 is 1.30 bits per heavy atom. The van der Waals surface area contributed by atoms with E-state index in [-0.39, 0.29) is 24.0 Å². The lowest BCUT2D eigenvalue weighted by Gasteiger charge is -2.04. The van der Waals surface area contributed by atoms with Crippen LogP contribution < -0.4 is 28.5 Å². The number of hydrogen-bond donors (Lipinski definition) is 0. The van der Waals surface area contributed by atoms with Crippen LogP contribution in [-0.2, 0) is 14.1 Å². The van der Waals surface area contributed by atoms with Crippen molar-refractivity contribution >= 4 is 32.6 Å². The van der Waals surface area contributed by atoms with E-state index in [1.165, 1.54) is 32.6 Å². The van der Waals surface area contributed by atoms with Gasteiger partial charge in [-0.25, -0.2) is 9.13 Å². The monoisotopic (exact) mass is 374 g/mol. The molecular weight excluding hydrogens is 359 g/mol. The zero-order valence-corrected chi connectivity index (χ0v) is 13.6. The first-order valence-electron chi connectivity index (χ1n) is 6.51. The number of aromatic nitrogens is 2. The minimum absolute atomic E-state index is 0. The number of aryl methyl sites for hydroxylation is 2. The van der Waals surface area contributed by atoms with E-state index in [1.807, 2.05) is 0 Å². The maximum Gasteiger partial charge on any atom is 0.244 e. The molecule has 0 aliphatic carbocycles. The molecule has 0 amide bonds. The van der Waals surface area contributed by atoms with Crippen LogP contribution >= 0.6 is 0 Å². The lowest BCUT2D eigenvalue weighted by molar-refractivity contribution is -0.644. The molecule has 0 N–H and O–H groups in total. The standard InChI is InChI=1S/C17H15N2.HI/c1-18-11-19(2)17-15-10-6-4-8-13(15)12-7-3-5-9-14(12)16(17)18;/h3-11H,1-2H3;1H/q+1;/p-1. The van der Waals surface area contributed by atoms with Crippen molar-refractivity contribution in [2.45, 2.75) is 0 Å². The van der Waals surface area contributed by atoms with Gasteiger partial charge in [0, 0.05) is 10.8 Å². The number of hydrogen-bond acceptors (Lipinski definition) is 0. The van der Waals surface area contributed by atoms with Crippen LogP contribution in [0.25, 0.3) is 32.6 Å². The molecule has 3 heteroatoms. The Bertz CT molecular complexity index is 862. The minimum Gasteiger partial charge on any atom is -1.00 e. The topological polar surface area (TPSA) is 8.81 Å². The molecule has 0 unspecified atom stereocenters. The Balaban J connectivity index is 0.00000121. The van der Waals surface area contributed by atoms with Gasteiger partial charge in [-0.2, -0.15) is 0 Å². The van der Waals surface area contributed by atoms with Crippen LogP contribution in [-0.4, -0.2) is 4.57 Å². The Morgan fingerprint density at radius 1 is 0.800 bits per heavy atom. The molecule has 0 saturated carbocycles. The highest BCUT2D eigenvalue weighted by molar-refractivity contribution is 6.22. The normalized spacial score (nSPS) is 11.1. The Hall–Kier alpha value is -1.62. The van der Waals surface area contributed by atoms with Gasteiger partial charge in [0.05, 0.1) is 14.1 Å². The summed E-state index contributed by atoms with van der Waals surface area (Å²) in [5.41, 5.74) is 2.61. The molecule has 0 saturated heterocycles. The van der Waals surface area contributed by atoms with Gasteiger partial charge in [-0.3, -0.25) is 0 Å². The van der Waals surface area contributed by atoms with Crippen LogP contribution in [0, 0.1) is 0 Å². The number of halogens is 1. The highest BCUT2D eigenvalue weighted by Crippen LogP contribution is 2.32. The molecule has 20 heavy (non-hydrogen) atoms. The van der Waals surface area contributed by atoms with Crippen LogP contribution in [0.5, 0.6) is 0 Å². The smallest absolute Gasteiger partial charge is 0.244 e. The van der Waals surface area contributed by atoms with Crippen LogP contribution in [0.3, 0.4) is 0 Å². The fraction of sp³-hybridized carbons (Fsp3) is 0.118. The highest BCUT2D eigenvalue weighted by atomic mass is 127. The predicted octanol–water partition coefficient (Wildman–Crippen LogP) is 0.313. The third kappa shape index (κ3) is 1.66. The molecule has 0 aliphatic heterocycles. The molecule has 4 aromatic rings. The first-order valence-corrected chi connectivity index (χ1v) is 6.51. The Morgan fingerprint density at radius 3 is 1.95 bits per heavy atom. The van der Waals surface area contributed by atoms with E-state index in [1.54, 1.807) is 0 Å². The highest BCUT2D eigenvalue weighted by Gasteiger charge is 2.18.